The van der Waals surface area contributed by atoms with E-state index in [1.165, 1.54) is 0 Å². The first kappa shape index (κ1) is 13.0. The highest BCUT2D eigenvalue weighted by Crippen LogP contribution is 2.35. The molecule has 0 saturated heterocycles. The second-order valence-electron chi connectivity index (χ2n) is 4.63. The van der Waals surface area contributed by atoms with Crippen LogP contribution in [-0.4, -0.2) is 19.5 Å². The number of halogens is 1. The molecule has 20 heavy (non-hydrogen) atoms. The quantitative estimate of drug-likeness (QED) is 0.805. The molecule has 0 N–H and O–H groups in total. The summed E-state index contributed by atoms with van der Waals surface area (Å²) in [5.41, 5.74) is 1.59. The van der Waals surface area contributed by atoms with Crippen molar-refractivity contribution in [2.24, 2.45) is 0 Å². The highest BCUT2D eigenvalue weighted by atomic mass is 35.5. The molecular weight excluding hydrogens is 276 g/mol. The summed E-state index contributed by atoms with van der Waals surface area (Å²) in [5.74, 6) is 1.49. The minimum absolute atomic E-state index is 0.155. The molecule has 1 heterocycles. The summed E-state index contributed by atoms with van der Waals surface area (Å²) in [6.45, 7) is 1.02. The third-order valence-electron chi connectivity index (χ3n) is 3.35. The highest BCUT2D eigenvalue weighted by Gasteiger charge is 2.24. The van der Waals surface area contributed by atoms with Gasteiger partial charge in [-0.05, 0) is 18.2 Å². The number of para-hydroxylation sites is 2. The van der Waals surface area contributed by atoms with Crippen LogP contribution in [0, 0.1) is 0 Å². The standard InChI is InChI=1S/C16H13ClO3/c17-14-6-3-4-11(8-18)16(14)20-10-12-9-19-15-7-2-1-5-13(12)15/h1-8,12H,9-10H2. The van der Waals surface area contributed by atoms with E-state index in [-0.39, 0.29) is 5.92 Å². The van der Waals surface area contributed by atoms with E-state index < -0.39 is 0 Å². The van der Waals surface area contributed by atoms with E-state index in [1.807, 2.05) is 24.3 Å². The van der Waals surface area contributed by atoms with Gasteiger partial charge in [0.15, 0.2) is 6.29 Å². The van der Waals surface area contributed by atoms with Gasteiger partial charge in [0.2, 0.25) is 0 Å². The van der Waals surface area contributed by atoms with Crippen LogP contribution in [0.25, 0.3) is 0 Å². The van der Waals surface area contributed by atoms with E-state index in [2.05, 4.69) is 0 Å². The summed E-state index contributed by atoms with van der Waals surface area (Å²) < 4.78 is 11.4. The van der Waals surface area contributed by atoms with Crippen LogP contribution in [0.1, 0.15) is 21.8 Å². The van der Waals surface area contributed by atoms with Crippen molar-refractivity contribution in [2.75, 3.05) is 13.2 Å². The number of hydrogen-bond donors (Lipinski definition) is 0. The maximum Gasteiger partial charge on any atom is 0.153 e. The average Bonchev–Trinajstić information content (AvgIpc) is 2.89. The molecule has 1 aliphatic rings. The first-order chi connectivity index (χ1) is 9.79. The van der Waals surface area contributed by atoms with Gasteiger partial charge in [-0.25, -0.2) is 0 Å². The van der Waals surface area contributed by atoms with E-state index in [1.54, 1.807) is 18.2 Å². The zero-order valence-electron chi connectivity index (χ0n) is 10.7. The van der Waals surface area contributed by atoms with Crippen LogP contribution >= 0.6 is 11.6 Å². The van der Waals surface area contributed by atoms with Crippen molar-refractivity contribution in [3.8, 4) is 11.5 Å². The van der Waals surface area contributed by atoms with Gasteiger partial charge in [0, 0.05) is 5.56 Å². The van der Waals surface area contributed by atoms with Crippen LogP contribution in [0.5, 0.6) is 11.5 Å². The third kappa shape index (κ3) is 2.37. The van der Waals surface area contributed by atoms with Crippen molar-refractivity contribution < 1.29 is 14.3 Å². The maximum absolute atomic E-state index is 11.0. The zero-order chi connectivity index (χ0) is 13.9. The minimum atomic E-state index is 0.155. The number of ether oxygens (including phenoxy) is 2. The van der Waals surface area contributed by atoms with Crippen LogP contribution in [-0.2, 0) is 0 Å². The lowest BCUT2D eigenvalue weighted by Gasteiger charge is -2.13. The molecule has 1 unspecified atom stereocenters. The highest BCUT2D eigenvalue weighted by molar-refractivity contribution is 6.32. The van der Waals surface area contributed by atoms with Crippen molar-refractivity contribution >= 4 is 17.9 Å². The van der Waals surface area contributed by atoms with Gasteiger partial charge in [-0.3, -0.25) is 4.79 Å². The van der Waals surface area contributed by atoms with Gasteiger partial charge in [-0.15, -0.1) is 0 Å². The molecule has 0 amide bonds. The predicted molar refractivity (Wildman–Crippen MR) is 77.0 cm³/mol. The van der Waals surface area contributed by atoms with Crippen LogP contribution in [0.4, 0.5) is 0 Å². The molecule has 0 fully saturated rings. The number of aldehydes is 1. The fourth-order valence-corrected chi connectivity index (χ4v) is 2.56. The van der Waals surface area contributed by atoms with E-state index in [0.29, 0.717) is 29.5 Å². The van der Waals surface area contributed by atoms with Gasteiger partial charge in [0.05, 0.1) is 29.7 Å². The van der Waals surface area contributed by atoms with E-state index >= 15 is 0 Å². The fraction of sp³-hybridized carbons (Fsp3) is 0.188. The Morgan fingerprint density at radius 3 is 2.95 bits per heavy atom. The SMILES string of the molecule is O=Cc1cccc(Cl)c1OCC1COc2ccccc21. The van der Waals surface area contributed by atoms with Crippen LogP contribution in [0.3, 0.4) is 0 Å². The molecule has 1 aliphatic heterocycles. The molecule has 4 heteroatoms. The first-order valence-corrected chi connectivity index (χ1v) is 6.75. The van der Waals surface area contributed by atoms with Crippen LogP contribution in [0.15, 0.2) is 42.5 Å². The molecular formula is C16H13ClO3. The van der Waals surface area contributed by atoms with Crippen LogP contribution < -0.4 is 9.47 Å². The molecule has 2 aromatic rings. The van der Waals surface area contributed by atoms with Gasteiger partial charge >= 0.3 is 0 Å². The van der Waals surface area contributed by atoms with Crippen molar-refractivity contribution in [2.45, 2.75) is 5.92 Å². The summed E-state index contributed by atoms with van der Waals surface area (Å²) in [6.07, 6.45) is 0.750. The number of rotatable bonds is 4. The zero-order valence-corrected chi connectivity index (χ0v) is 11.5. The van der Waals surface area contributed by atoms with E-state index in [4.69, 9.17) is 21.1 Å². The molecule has 0 bridgehead atoms. The van der Waals surface area contributed by atoms with E-state index in [0.717, 1.165) is 17.6 Å². The normalized spacial score (nSPS) is 16.4. The molecule has 0 radical (unpaired) electrons. The summed E-state index contributed by atoms with van der Waals surface area (Å²) in [4.78, 5) is 11.0. The summed E-state index contributed by atoms with van der Waals surface area (Å²) in [5, 5.41) is 0.446. The molecule has 3 rings (SSSR count). The Labute approximate surface area is 122 Å². The Morgan fingerprint density at radius 1 is 1.25 bits per heavy atom. The smallest absolute Gasteiger partial charge is 0.153 e. The third-order valence-corrected chi connectivity index (χ3v) is 3.65. The van der Waals surface area contributed by atoms with Gasteiger partial charge < -0.3 is 9.47 Å². The molecule has 1 atom stereocenters. The Kier molecular flexibility index (Phi) is 3.61. The Hall–Kier alpha value is -2.00. The van der Waals surface area contributed by atoms with Crippen molar-refractivity contribution in [1.82, 2.24) is 0 Å². The lowest BCUT2D eigenvalue weighted by Crippen LogP contribution is -2.12. The first-order valence-electron chi connectivity index (χ1n) is 6.38. The lowest BCUT2D eigenvalue weighted by molar-refractivity contribution is 0.111. The average molecular weight is 289 g/mol. The topological polar surface area (TPSA) is 35.5 Å². The molecule has 0 saturated carbocycles. The van der Waals surface area contributed by atoms with Gasteiger partial charge in [-0.1, -0.05) is 35.9 Å². The number of benzene rings is 2. The van der Waals surface area contributed by atoms with Crippen LogP contribution in [0.2, 0.25) is 5.02 Å². The minimum Gasteiger partial charge on any atom is -0.493 e. The van der Waals surface area contributed by atoms with Gasteiger partial charge in [0.25, 0.3) is 0 Å². The molecule has 3 nitrogen and oxygen atoms in total. The summed E-state index contributed by atoms with van der Waals surface area (Å²) in [7, 11) is 0. The second kappa shape index (κ2) is 5.55. The second-order valence-corrected chi connectivity index (χ2v) is 5.04. The molecule has 0 aliphatic carbocycles. The van der Waals surface area contributed by atoms with E-state index in [9.17, 15) is 4.79 Å². The Morgan fingerprint density at radius 2 is 2.10 bits per heavy atom. The van der Waals surface area contributed by atoms with Gasteiger partial charge in [0.1, 0.15) is 11.5 Å². The summed E-state index contributed by atoms with van der Waals surface area (Å²) in [6, 6.07) is 13.0. The fourth-order valence-electron chi connectivity index (χ4n) is 2.32. The van der Waals surface area contributed by atoms with Crippen molar-refractivity contribution in [1.29, 1.82) is 0 Å². The number of carbonyl (C=O) groups excluding carboxylic acids is 1. The largest absolute Gasteiger partial charge is 0.493 e. The monoisotopic (exact) mass is 288 g/mol. The Bertz CT molecular complexity index is 639. The number of hydrogen-bond acceptors (Lipinski definition) is 3. The van der Waals surface area contributed by atoms with Gasteiger partial charge in [-0.2, -0.15) is 0 Å². The Balaban J connectivity index is 1.77. The maximum atomic E-state index is 11.0. The van der Waals surface area contributed by atoms with Crippen molar-refractivity contribution in [3.63, 3.8) is 0 Å². The lowest BCUT2D eigenvalue weighted by atomic mass is 10.0. The molecule has 2 aromatic carbocycles. The molecule has 0 aromatic heterocycles. The number of carbonyl (C=O) groups is 1. The molecule has 0 spiro atoms. The molecule has 102 valence electrons. The number of fused-ring (bicyclic) bond motifs is 1. The van der Waals surface area contributed by atoms with Crippen molar-refractivity contribution in [3.05, 3.63) is 58.6 Å². The predicted octanol–water partition coefficient (Wildman–Crippen LogP) is 3.71. The summed E-state index contributed by atoms with van der Waals surface area (Å²) >= 11 is 6.08.